The highest BCUT2D eigenvalue weighted by atomic mass is 35.5. The zero-order valence-electron chi connectivity index (χ0n) is 21.5. The Bertz CT molecular complexity index is 1500. The van der Waals surface area contributed by atoms with E-state index in [4.69, 9.17) is 33.0 Å². The molecule has 1 aliphatic rings. The first kappa shape index (κ1) is 28.1. The molecule has 40 heavy (non-hydrogen) atoms. The van der Waals surface area contributed by atoms with Crippen LogP contribution < -0.4 is 10.6 Å². The second kappa shape index (κ2) is 13.3. The van der Waals surface area contributed by atoms with Crippen molar-refractivity contribution in [3.8, 4) is 16.3 Å². The lowest BCUT2D eigenvalue weighted by Gasteiger charge is -2.26. The highest BCUT2D eigenvalue weighted by molar-refractivity contribution is 7.13. The number of para-hydroxylation sites is 1. The Morgan fingerprint density at radius 3 is 2.58 bits per heavy atom. The number of amides is 2. The van der Waals surface area contributed by atoms with E-state index in [1.54, 1.807) is 16.8 Å². The van der Waals surface area contributed by atoms with Crippen molar-refractivity contribution in [3.63, 3.8) is 0 Å². The fourth-order valence-electron chi connectivity index (χ4n) is 4.24. The molecule has 5 rings (SSSR count). The van der Waals surface area contributed by atoms with Crippen molar-refractivity contribution in [2.75, 3.05) is 39.4 Å². The number of hydrogen-bond acceptors (Lipinski definition) is 6. The number of benzene rings is 2. The molecule has 3 heterocycles. The summed E-state index contributed by atoms with van der Waals surface area (Å²) in [7, 11) is 0. The van der Waals surface area contributed by atoms with Crippen LogP contribution in [0.4, 0.5) is 0 Å². The Hall–Kier alpha value is -3.47. The number of thiophene rings is 1. The van der Waals surface area contributed by atoms with Crippen LogP contribution in [0.15, 0.2) is 77.9 Å². The van der Waals surface area contributed by atoms with Gasteiger partial charge < -0.3 is 15.4 Å². The number of carbonyl (C=O) groups is 2. The number of rotatable bonds is 9. The predicted octanol–water partition coefficient (Wildman–Crippen LogP) is 5.13. The SMILES string of the molecule is O=C(NCCN1CCOCC1)/C(=C/c1cn(-c2ccccc2)nc1-c1cccs1)NC(=O)c1ccc(Cl)cc1Cl. The largest absolute Gasteiger partial charge is 0.379 e. The number of aromatic nitrogens is 2. The lowest BCUT2D eigenvalue weighted by molar-refractivity contribution is -0.117. The van der Waals surface area contributed by atoms with Crippen molar-refractivity contribution in [3.05, 3.63) is 99.1 Å². The van der Waals surface area contributed by atoms with Crippen molar-refractivity contribution in [1.29, 1.82) is 0 Å². The molecule has 2 amide bonds. The molecule has 2 aromatic carbocycles. The third-order valence-electron chi connectivity index (χ3n) is 6.30. The summed E-state index contributed by atoms with van der Waals surface area (Å²) in [4.78, 5) is 29.8. The number of morpholine rings is 1. The first-order valence-electron chi connectivity index (χ1n) is 12.7. The maximum atomic E-state index is 13.5. The van der Waals surface area contributed by atoms with E-state index in [-0.39, 0.29) is 16.3 Å². The number of carbonyl (C=O) groups excluding carboxylic acids is 2. The lowest BCUT2D eigenvalue weighted by atomic mass is 10.1. The summed E-state index contributed by atoms with van der Waals surface area (Å²) < 4.78 is 7.16. The summed E-state index contributed by atoms with van der Waals surface area (Å²) >= 11 is 13.8. The zero-order valence-corrected chi connectivity index (χ0v) is 23.8. The summed E-state index contributed by atoms with van der Waals surface area (Å²) in [6.07, 6.45) is 3.49. The molecule has 2 N–H and O–H groups in total. The average molecular weight is 597 g/mol. The van der Waals surface area contributed by atoms with Gasteiger partial charge in [0.2, 0.25) is 0 Å². The predicted molar refractivity (Wildman–Crippen MR) is 159 cm³/mol. The molecule has 0 unspecified atom stereocenters. The van der Waals surface area contributed by atoms with Gasteiger partial charge in [0, 0.05) is 43.0 Å². The molecule has 4 aromatic rings. The molecule has 0 spiro atoms. The summed E-state index contributed by atoms with van der Waals surface area (Å²) in [6.45, 7) is 4.06. The number of ether oxygens (including phenoxy) is 1. The van der Waals surface area contributed by atoms with Crippen LogP contribution in [0.25, 0.3) is 22.3 Å². The summed E-state index contributed by atoms with van der Waals surface area (Å²) in [5.74, 6) is -0.944. The summed E-state index contributed by atoms with van der Waals surface area (Å²) in [5, 5.41) is 13.1. The van der Waals surface area contributed by atoms with Gasteiger partial charge in [-0.3, -0.25) is 14.5 Å². The van der Waals surface area contributed by atoms with Gasteiger partial charge in [-0.25, -0.2) is 4.68 Å². The minimum atomic E-state index is -0.524. The highest BCUT2D eigenvalue weighted by Gasteiger charge is 2.20. The third kappa shape index (κ3) is 6.99. The molecule has 0 atom stereocenters. The van der Waals surface area contributed by atoms with E-state index in [1.165, 1.54) is 23.5 Å². The molecular formula is C29H27Cl2N5O3S. The first-order chi connectivity index (χ1) is 19.5. The number of nitrogens with one attached hydrogen (secondary N) is 2. The molecule has 1 fully saturated rings. The molecular weight excluding hydrogens is 569 g/mol. The number of hydrogen-bond donors (Lipinski definition) is 2. The maximum Gasteiger partial charge on any atom is 0.267 e. The van der Waals surface area contributed by atoms with Crippen LogP contribution in [0.1, 0.15) is 15.9 Å². The molecule has 206 valence electrons. The van der Waals surface area contributed by atoms with E-state index in [1.807, 2.05) is 54.0 Å². The van der Waals surface area contributed by atoms with Gasteiger partial charge in [0.05, 0.1) is 34.4 Å². The molecule has 0 bridgehead atoms. The van der Waals surface area contributed by atoms with Crippen LogP contribution in [0.2, 0.25) is 10.0 Å². The Kier molecular flexibility index (Phi) is 9.30. The van der Waals surface area contributed by atoms with Gasteiger partial charge in [0.15, 0.2) is 0 Å². The molecule has 0 saturated carbocycles. The Labute approximate surface area is 246 Å². The van der Waals surface area contributed by atoms with Gasteiger partial charge in [-0.1, -0.05) is 47.5 Å². The second-order valence-electron chi connectivity index (χ2n) is 9.04. The Balaban J connectivity index is 1.47. The van der Waals surface area contributed by atoms with Gasteiger partial charge in [0.25, 0.3) is 11.8 Å². The zero-order chi connectivity index (χ0) is 27.9. The average Bonchev–Trinajstić information content (AvgIpc) is 3.64. The van der Waals surface area contributed by atoms with Crippen molar-refractivity contribution in [2.24, 2.45) is 0 Å². The monoisotopic (exact) mass is 595 g/mol. The van der Waals surface area contributed by atoms with Gasteiger partial charge in [-0.05, 0) is 47.9 Å². The van der Waals surface area contributed by atoms with Crippen LogP contribution in [-0.4, -0.2) is 65.9 Å². The molecule has 11 heteroatoms. The molecule has 1 aliphatic heterocycles. The Morgan fingerprint density at radius 2 is 1.85 bits per heavy atom. The minimum absolute atomic E-state index is 0.0726. The fourth-order valence-corrected chi connectivity index (χ4v) is 5.46. The molecule has 0 radical (unpaired) electrons. The van der Waals surface area contributed by atoms with Crippen molar-refractivity contribution in [1.82, 2.24) is 25.3 Å². The second-order valence-corrected chi connectivity index (χ2v) is 10.8. The van der Waals surface area contributed by atoms with Crippen molar-refractivity contribution < 1.29 is 14.3 Å². The molecule has 0 aliphatic carbocycles. The van der Waals surface area contributed by atoms with Crippen molar-refractivity contribution in [2.45, 2.75) is 0 Å². The van der Waals surface area contributed by atoms with Crippen LogP contribution in [-0.2, 0) is 9.53 Å². The molecule has 8 nitrogen and oxygen atoms in total. The van der Waals surface area contributed by atoms with E-state index in [2.05, 4.69) is 15.5 Å². The molecule has 2 aromatic heterocycles. The molecule has 1 saturated heterocycles. The van der Waals surface area contributed by atoms with Gasteiger partial charge in [0.1, 0.15) is 11.4 Å². The van der Waals surface area contributed by atoms with E-state index < -0.39 is 11.8 Å². The standard InChI is InChI=1S/C29H27Cl2N5O3S/c30-21-8-9-23(24(31)18-21)28(37)33-25(29(38)32-10-11-35-12-14-39-15-13-35)17-20-19-36(22-5-2-1-3-6-22)34-27(20)26-7-4-16-40-26/h1-9,16-19H,10-15H2,(H,32,38)(H,33,37)/b25-17-. The van der Waals surface area contributed by atoms with Gasteiger partial charge in [-0.2, -0.15) is 5.10 Å². The van der Waals surface area contributed by atoms with Crippen molar-refractivity contribution >= 4 is 52.4 Å². The first-order valence-corrected chi connectivity index (χ1v) is 14.4. The summed E-state index contributed by atoms with van der Waals surface area (Å²) in [5.41, 5.74) is 2.51. The maximum absolute atomic E-state index is 13.5. The van der Waals surface area contributed by atoms with Crippen LogP contribution in [0, 0.1) is 0 Å². The quantitative estimate of drug-likeness (QED) is 0.262. The van der Waals surface area contributed by atoms with Gasteiger partial charge >= 0.3 is 0 Å². The Morgan fingerprint density at radius 1 is 1.05 bits per heavy atom. The van der Waals surface area contributed by atoms with E-state index >= 15 is 0 Å². The van der Waals surface area contributed by atoms with E-state index in [0.29, 0.717) is 42.6 Å². The topological polar surface area (TPSA) is 88.5 Å². The smallest absolute Gasteiger partial charge is 0.267 e. The third-order valence-corrected chi connectivity index (χ3v) is 7.73. The van der Waals surface area contributed by atoms with Gasteiger partial charge in [-0.15, -0.1) is 11.3 Å². The van der Waals surface area contributed by atoms with E-state index in [9.17, 15) is 9.59 Å². The number of nitrogens with zero attached hydrogens (tertiary/aromatic N) is 3. The van der Waals surface area contributed by atoms with Crippen LogP contribution >= 0.6 is 34.5 Å². The fraction of sp³-hybridized carbons (Fsp3) is 0.207. The van der Waals surface area contributed by atoms with E-state index in [0.717, 1.165) is 23.7 Å². The summed E-state index contributed by atoms with van der Waals surface area (Å²) in [6, 6.07) is 18.2. The van der Waals surface area contributed by atoms with Crippen LogP contribution in [0.5, 0.6) is 0 Å². The lowest BCUT2D eigenvalue weighted by Crippen LogP contribution is -2.42. The highest BCUT2D eigenvalue weighted by Crippen LogP contribution is 2.29. The normalized spacial score (nSPS) is 14.2. The minimum Gasteiger partial charge on any atom is -0.379 e. The number of halogens is 2. The van der Waals surface area contributed by atoms with Crippen LogP contribution in [0.3, 0.4) is 0 Å².